The topological polar surface area (TPSA) is 114 Å². The highest BCUT2D eigenvalue weighted by Gasteiger charge is 2.37. The number of hydrogen-bond acceptors (Lipinski definition) is 4. The first-order chi connectivity index (χ1) is 9.40. The van der Waals surface area contributed by atoms with Crippen LogP contribution in [0.15, 0.2) is 18.3 Å². The number of nitrogens with two attached hydrogens (primary N) is 1. The highest BCUT2D eigenvalue weighted by atomic mass is 16.4. The molecule has 1 aromatic rings. The Morgan fingerprint density at radius 2 is 2.05 bits per heavy atom. The van der Waals surface area contributed by atoms with Gasteiger partial charge in [-0.1, -0.05) is 6.92 Å². The normalized spacial score (nSPS) is 21.8. The number of rotatable bonds is 3. The van der Waals surface area contributed by atoms with E-state index in [1.165, 1.54) is 23.2 Å². The van der Waals surface area contributed by atoms with Gasteiger partial charge in [0.2, 0.25) is 5.91 Å². The minimum absolute atomic E-state index is 0.0960. The summed E-state index contributed by atoms with van der Waals surface area (Å²) < 4.78 is 0. The maximum atomic E-state index is 12.2. The lowest BCUT2D eigenvalue weighted by Gasteiger charge is -2.15. The molecule has 2 amide bonds. The summed E-state index contributed by atoms with van der Waals surface area (Å²) in [5.74, 6) is -2.50. The Labute approximate surface area is 115 Å². The summed E-state index contributed by atoms with van der Waals surface area (Å²) in [6.45, 7) is 2.36. The van der Waals surface area contributed by atoms with E-state index in [1.54, 1.807) is 6.92 Å². The van der Waals surface area contributed by atoms with Crippen molar-refractivity contribution in [3.8, 4) is 0 Å². The van der Waals surface area contributed by atoms with Crippen LogP contribution < -0.4 is 5.73 Å². The van der Waals surface area contributed by atoms with E-state index in [1.807, 2.05) is 0 Å². The molecule has 106 valence electrons. The van der Waals surface area contributed by atoms with E-state index in [4.69, 9.17) is 10.8 Å². The van der Waals surface area contributed by atoms with E-state index >= 15 is 0 Å². The lowest BCUT2D eigenvalue weighted by atomic mass is 9.99. The van der Waals surface area contributed by atoms with Crippen molar-refractivity contribution in [3.05, 3.63) is 29.6 Å². The number of primary amides is 1. The Morgan fingerprint density at radius 1 is 1.35 bits per heavy atom. The van der Waals surface area contributed by atoms with Gasteiger partial charge in [-0.15, -0.1) is 0 Å². The van der Waals surface area contributed by atoms with Crippen LogP contribution in [0.2, 0.25) is 0 Å². The van der Waals surface area contributed by atoms with Gasteiger partial charge in [-0.05, 0) is 18.1 Å². The molecule has 2 atom stereocenters. The number of nitrogens with zero attached hydrogens (tertiary/aromatic N) is 2. The van der Waals surface area contributed by atoms with Gasteiger partial charge in [0.05, 0.1) is 11.5 Å². The molecular formula is C13H15N3O4. The van der Waals surface area contributed by atoms with Gasteiger partial charge in [-0.25, -0.2) is 0 Å². The average Bonchev–Trinajstić information content (AvgIpc) is 2.80. The molecular weight excluding hydrogens is 262 g/mol. The van der Waals surface area contributed by atoms with Gasteiger partial charge in [-0.3, -0.25) is 19.4 Å². The molecule has 0 aromatic carbocycles. The van der Waals surface area contributed by atoms with Crippen molar-refractivity contribution in [2.24, 2.45) is 17.6 Å². The van der Waals surface area contributed by atoms with Crippen LogP contribution >= 0.6 is 0 Å². The van der Waals surface area contributed by atoms with E-state index < -0.39 is 17.8 Å². The molecule has 0 aliphatic carbocycles. The summed E-state index contributed by atoms with van der Waals surface area (Å²) in [6.07, 6.45) is 1.24. The number of hydrogen-bond donors (Lipinski definition) is 2. The molecule has 0 saturated carbocycles. The molecule has 1 fully saturated rings. The molecule has 0 spiro atoms. The van der Waals surface area contributed by atoms with E-state index in [2.05, 4.69) is 4.98 Å². The van der Waals surface area contributed by atoms with Crippen LogP contribution in [-0.4, -0.2) is 45.9 Å². The second-order valence-corrected chi connectivity index (χ2v) is 4.93. The van der Waals surface area contributed by atoms with Crippen molar-refractivity contribution in [3.63, 3.8) is 0 Å². The molecule has 7 nitrogen and oxygen atoms in total. The van der Waals surface area contributed by atoms with Crippen molar-refractivity contribution < 1.29 is 19.5 Å². The molecule has 7 heteroatoms. The molecule has 2 heterocycles. The highest BCUT2D eigenvalue weighted by Crippen LogP contribution is 2.24. The first kappa shape index (κ1) is 14.0. The molecule has 2 rings (SSSR count). The van der Waals surface area contributed by atoms with Crippen LogP contribution in [0.4, 0.5) is 0 Å². The second-order valence-electron chi connectivity index (χ2n) is 4.93. The van der Waals surface area contributed by atoms with Gasteiger partial charge in [0.15, 0.2) is 0 Å². The number of carboxylic acids is 1. The van der Waals surface area contributed by atoms with Crippen molar-refractivity contribution >= 4 is 17.8 Å². The molecule has 3 N–H and O–H groups in total. The van der Waals surface area contributed by atoms with Crippen LogP contribution in [0, 0.1) is 11.8 Å². The summed E-state index contributed by atoms with van der Waals surface area (Å²) in [7, 11) is 0. The van der Waals surface area contributed by atoms with Crippen LogP contribution in [0.5, 0.6) is 0 Å². The van der Waals surface area contributed by atoms with Gasteiger partial charge in [0, 0.05) is 19.3 Å². The lowest BCUT2D eigenvalue weighted by Crippen LogP contribution is -2.30. The molecule has 1 aromatic heterocycles. The number of carboxylic acid groups (broad SMARTS) is 1. The standard InChI is InChI=1S/C13H15N3O4/c1-7-5-16(6-9(7)13(19)20)12(18)10-3-2-8(4-15-10)11(14)17/h2-4,7,9H,5-6H2,1H3,(H2,14,17)(H,19,20)/t7-,9-/m1/s1. The predicted octanol–water partition coefficient (Wildman–Crippen LogP) is -0.0268. The Kier molecular flexibility index (Phi) is 3.69. The van der Waals surface area contributed by atoms with E-state index in [-0.39, 0.29) is 29.6 Å². The zero-order valence-corrected chi connectivity index (χ0v) is 10.9. The summed E-state index contributed by atoms with van der Waals surface area (Å²) in [4.78, 5) is 39.5. The first-order valence-corrected chi connectivity index (χ1v) is 6.18. The zero-order valence-electron chi connectivity index (χ0n) is 10.9. The SMILES string of the molecule is C[C@@H]1CN(C(=O)c2ccc(C(N)=O)cn2)C[C@H]1C(=O)O. The Hall–Kier alpha value is -2.44. The monoisotopic (exact) mass is 277 g/mol. The number of aliphatic carboxylic acids is 1. The fourth-order valence-electron chi connectivity index (χ4n) is 2.28. The third-order valence-corrected chi connectivity index (χ3v) is 3.48. The van der Waals surface area contributed by atoms with Crippen LogP contribution in [0.3, 0.4) is 0 Å². The maximum absolute atomic E-state index is 12.2. The largest absolute Gasteiger partial charge is 0.481 e. The van der Waals surface area contributed by atoms with Crippen molar-refractivity contribution in [2.45, 2.75) is 6.92 Å². The summed E-state index contributed by atoms with van der Waals surface area (Å²) in [5, 5.41) is 9.05. The van der Waals surface area contributed by atoms with Crippen molar-refractivity contribution in [1.82, 2.24) is 9.88 Å². The third-order valence-electron chi connectivity index (χ3n) is 3.48. The molecule has 0 radical (unpaired) electrons. The van der Waals surface area contributed by atoms with Crippen LogP contribution in [0.25, 0.3) is 0 Å². The number of likely N-dealkylation sites (tertiary alicyclic amines) is 1. The van der Waals surface area contributed by atoms with E-state index in [0.717, 1.165) is 0 Å². The van der Waals surface area contributed by atoms with Crippen LogP contribution in [-0.2, 0) is 4.79 Å². The molecule has 20 heavy (non-hydrogen) atoms. The van der Waals surface area contributed by atoms with Crippen LogP contribution in [0.1, 0.15) is 27.8 Å². The smallest absolute Gasteiger partial charge is 0.308 e. The molecule has 1 aliphatic heterocycles. The minimum atomic E-state index is -0.898. The Morgan fingerprint density at radius 3 is 2.50 bits per heavy atom. The third kappa shape index (κ3) is 2.61. The fourth-order valence-corrected chi connectivity index (χ4v) is 2.28. The van der Waals surface area contributed by atoms with Crippen molar-refractivity contribution in [2.75, 3.05) is 13.1 Å². The lowest BCUT2D eigenvalue weighted by molar-refractivity contribution is -0.142. The summed E-state index contributed by atoms with van der Waals surface area (Å²) >= 11 is 0. The second kappa shape index (κ2) is 5.28. The molecule has 0 bridgehead atoms. The zero-order chi connectivity index (χ0) is 14.9. The minimum Gasteiger partial charge on any atom is -0.481 e. The number of pyridine rings is 1. The summed E-state index contributed by atoms with van der Waals surface area (Å²) in [5.41, 5.74) is 5.49. The van der Waals surface area contributed by atoms with Crippen molar-refractivity contribution in [1.29, 1.82) is 0 Å². The average molecular weight is 277 g/mol. The Bertz CT molecular complexity index is 555. The molecule has 0 unspecified atom stereocenters. The quantitative estimate of drug-likeness (QED) is 0.805. The highest BCUT2D eigenvalue weighted by molar-refractivity contribution is 5.95. The van der Waals surface area contributed by atoms with Gasteiger partial charge in [0.25, 0.3) is 5.91 Å². The molecule has 1 saturated heterocycles. The number of amides is 2. The molecule has 1 aliphatic rings. The van der Waals surface area contributed by atoms with E-state index in [0.29, 0.717) is 6.54 Å². The predicted molar refractivity (Wildman–Crippen MR) is 68.9 cm³/mol. The Balaban J connectivity index is 2.12. The number of carbonyl (C=O) groups excluding carboxylic acids is 2. The first-order valence-electron chi connectivity index (χ1n) is 6.18. The fraction of sp³-hybridized carbons (Fsp3) is 0.385. The number of carbonyl (C=O) groups is 3. The number of aromatic nitrogens is 1. The summed E-state index contributed by atoms with van der Waals surface area (Å²) in [6, 6.07) is 2.85. The van der Waals surface area contributed by atoms with Gasteiger partial charge in [0.1, 0.15) is 5.69 Å². The maximum Gasteiger partial charge on any atom is 0.308 e. The van der Waals surface area contributed by atoms with Gasteiger partial charge < -0.3 is 15.7 Å². The van der Waals surface area contributed by atoms with Gasteiger partial charge in [-0.2, -0.15) is 0 Å². The van der Waals surface area contributed by atoms with Gasteiger partial charge >= 0.3 is 5.97 Å². The van der Waals surface area contributed by atoms with E-state index in [9.17, 15) is 14.4 Å².